The number of hydrogen-bond acceptors (Lipinski definition) is 7. The van der Waals surface area contributed by atoms with Crippen molar-refractivity contribution < 1.29 is 23.8 Å². The summed E-state index contributed by atoms with van der Waals surface area (Å²) in [6.45, 7) is 6.02. The highest BCUT2D eigenvalue weighted by Crippen LogP contribution is 2.51. The third-order valence-corrected chi connectivity index (χ3v) is 6.83. The number of hydrogen-bond donors (Lipinski definition) is 1. The van der Waals surface area contributed by atoms with Crippen LogP contribution in [0.4, 0.5) is 5.69 Å². The Balaban J connectivity index is 2.03. The van der Waals surface area contributed by atoms with Crippen LogP contribution >= 0.6 is 11.6 Å². The molecule has 1 aliphatic carbocycles. The molecular formula is C28H31ClN2O5. The Morgan fingerprint density at radius 3 is 2.36 bits per heavy atom. The number of anilines is 1. The fraction of sp³-hybridized carbons (Fsp3) is 0.357. The first-order valence-electron chi connectivity index (χ1n) is 11.8. The predicted octanol–water partition coefficient (Wildman–Crippen LogP) is 5.34. The lowest BCUT2D eigenvalue weighted by Crippen LogP contribution is -2.43. The highest BCUT2D eigenvalue weighted by Gasteiger charge is 2.46. The molecule has 7 nitrogen and oxygen atoms in total. The van der Waals surface area contributed by atoms with Gasteiger partial charge >= 0.3 is 5.97 Å². The molecule has 2 aromatic rings. The maximum atomic E-state index is 13.8. The fourth-order valence-corrected chi connectivity index (χ4v) is 5.20. The Labute approximate surface area is 216 Å². The van der Waals surface area contributed by atoms with Crippen LogP contribution in [0.1, 0.15) is 45.1 Å². The average Bonchev–Trinajstić information content (AvgIpc) is 2.83. The van der Waals surface area contributed by atoms with E-state index in [1.807, 2.05) is 18.2 Å². The van der Waals surface area contributed by atoms with Crippen LogP contribution in [-0.2, 0) is 14.3 Å². The van der Waals surface area contributed by atoms with Crippen molar-refractivity contribution in [3.05, 3.63) is 75.7 Å². The topological polar surface area (TPSA) is 91.1 Å². The molecule has 0 saturated heterocycles. The van der Waals surface area contributed by atoms with Crippen LogP contribution < -0.4 is 20.1 Å². The van der Waals surface area contributed by atoms with Gasteiger partial charge in [0.25, 0.3) is 0 Å². The molecule has 8 heteroatoms. The molecule has 0 fully saturated rings. The van der Waals surface area contributed by atoms with Crippen LogP contribution in [0.2, 0.25) is 5.02 Å². The molecule has 1 heterocycles. The second kappa shape index (κ2) is 9.90. The van der Waals surface area contributed by atoms with Crippen molar-refractivity contribution in [2.75, 3.05) is 25.7 Å². The summed E-state index contributed by atoms with van der Waals surface area (Å²) in [4.78, 5) is 29.0. The average molecular weight is 511 g/mol. The summed E-state index contributed by atoms with van der Waals surface area (Å²) in [5.74, 6) is -0.0690. The Kier molecular flexibility index (Phi) is 7.05. The fourth-order valence-electron chi connectivity index (χ4n) is 5.07. The molecule has 2 N–H and O–H groups in total. The van der Waals surface area contributed by atoms with E-state index in [-0.39, 0.29) is 29.2 Å². The first-order chi connectivity index (χ1) is 17.1. The smallest absolute Gasteiger partial charge is 0.338 e. The van der Waals surface area contributed by atoms with Gasteiger partial charge in [0.1, 0.15) is 5.82 Å². The monoisotopic (exact) mass is 510 g/mol. The quantitative estimate of drug-likeness (QED) is 0.524. The van der Waals surface area contributed by atoms with E-state index in [9.17, 15) is 9.59 Å². The molecule has 0 radical (unpaired) electrons. The molecule has 36 heavy (non-hydrogen) atoms. The molecular weight excluding hydrogens is 480 g/mol. The number of nitrogens with two attached hydrogens (primary N) is 1. The van der Waals surface area contributed by atoms with Gasteiger partial charge in [-0.15, -0.1) is 0 Å². The van der Waals surface area contributed by atoms with Gasteiger partial charge in [0.05, 0.1) is 32.3 Å². The van der Waals surface area contributed by atoms with Crippen LogP contribution in [0.3, 0.4) is 0 Å². The number of carbonyl (C=O) groups is 2. The molecule has 0 saturated carbocycles. The Hall–Kier alpha value is -3.45. The lowest BCUT2D eigenvalue weighted by Gasteiger charge is -2.44. The molecule has 190 valence electrons. The van der Waals surface area contributed by atoms with Gasteiger partial charge < -0.3 is 19.9 Å². The van der Waals surface area contributed by atoms with E-state index in [4.69, 9.17) is 31.5 Å². The number of ether oxygens (including phenoxy) is 3. The van der Waals surface area contributed by atoms with Crippen LogP contribution in [0.25, 0.3) is 0 Å². The minimum atomic E-state index is -0.717. The van der Waals surface area contributed by atoms with E-state index in [1.165, 1.54) is 0 Å². The van der Waals surface area contributed by atoms with Crippen molar-refractivity contribution in [1.82, 2.24) is 0 Å². The van der Waals surface area contributed by atoms with Crippen LogP contribution in [0.5, 0.6) is 11.5 Å². The third-order valence-electron chi connectivity index (χ3n) is 6.58. The molecule has 0 aromatic heterocycles. The van der Waals surface area contributed by atoms with Gasteiger partial charge in [0, 0.05) is 28.4 Å². The summed E-state index contributed by atoms with van der Waals surface area (Å²) < 4.78 is 16.4. The molecule has 1 atom stereocenters. The van der Waals surface area contributed by atoms with Gasteiger partial charge in [-0.2, -0.15) is 0 Å². The molecule has 1 aliphatic heterocycles. The molecule has 0 bridgehead atoms. The van der Waals surface area contributed by atoms with Crippen LogP contribution in [0, 0.1) is 5.41 Å². The van der Waals surface area contributed by atoms with Gasteiger partial charge in [-0.3, -0.25) is 9.69 Å². The van der Waals surface area contributed by atoms with Crippen molar-refractivity contribution in [3.63, 3.8) is 0 Å². The Morgan fingerprint density at radius 1 is 1.08 bits per heavy atom. The second-order valence-electron chi connectivity index (χ2n) is 9.68. The first kappa shape index (κ1) is 25.6. The Morgan fingerprint density at radius 2 is 1.75 bits per heavy atom. The van der Waals surface area contributed by atoms with Gasteiger partial charge in [-0.1, -0.05) is 31.5 Å². The molecule has 2 aliphatic rings. The van der Waals surface area contributed by atoms with Crippen molar-refractivity contribution in [1.29, 1.82) is 0 Å². The van der Waals surface area contributed by atoms with Crippen molar-refractivity contribution in [2.45, 2.75) is 39.5 Å². The summed E-state index contributed by atoms with van der Waals surface area (Å²) in [7, 11) is 3.09. The van der Waals surface area contributed by atoms with Crippen molar-refractivity contribution in [3.8, 4) is 11.5 Å². The highest BCUT2D eigenvalue weighted by molar-refractivity contribution is 6.30. The number of carbonyl (C=O) groups excluding carboxylic acids is 2. The van der Waals surface area contributed by atoms with Crippen LogP contribution in [0.15, 0.2) is 65.1 Å². The van der Waals surface area contributed by atoms with E-state index >= 15 is 0 Å². The number of rotatable bonds is 6. The maximum absolute atomic E-state index is 13.8. The molecule has 0 amide bonds. The number of esters is 1. The molecule has 2 aromatic carbocycles. The molecule has 0 spiro atoms. The predicted molar refractivity (Wildman–Crippen MR) is 139 cm³/mol. The van der Waals surface area contributed by atoms with E-state index in [0.29, 0.717) is 46.2 Å². The number of methoxy groups -OCH3 is 2. The zero-order chi connectivity index (χ0) is 26.2. The SMILES string of the molecule is CCOC(=O)C1=C(N)N(c2ccc(Cl)cc2)C2=C(C(=O)CC(C)(C)C2)[C@@H]1c1ccc(OC)c(OC)c1. The summed E-state index contributed by atoms with van der Waals surface area (Å²) in [5, 5.41) is 0.571. The standard InChI is InChI=1S/C28H31ClN2O5/c1-6-36-27(33)25-23(16-7-12-21(34-4)22(13-16)35-5)24-19(14-28(2,3)15-20(24)32)31(26(25)30)18-10-8-17(29)9-11-18/h7-13,23H,6,14-15,30H2,1-5H3/t23-/m0/s1. The number of halogens is 1. The summed E-state index contributed by atoms with van der Waals surface area (Å²) in [5.41, 5.74) is 9.42. The first-order valence-corrected chi connectivity index (χ1v) is 12.2. The van der Waals surface area contributed by atoms with Gasteiger partial charge in [0.2, 0.25) is 0 Å². The lowest BCUT2D eigenvalue weighted by atomic mass is 9.68. The minimum Gasteiger partial charge on any atom is -0.493 e. The number of benzene rings is 2. The number of ketones is 1. The summed E-state index contributed by atoms with van der Waals surface area (Å²) in [6, 6.07) is 12.5. The second-order valence-corrected chi connectivity index (χ2v) is 10.1. The molecule has 4 rings (SSSR count). The lowest BCUT2D eigenvalue weighted by molar-refractivity contribution is -0.138. The summed E-state index contributed by atoms with van der Waals surface area (Å²) >= 11 is 6.15. The van der Waals surface area contributed by atoms with Crippen molar-refractivity contribution in [2.24, 2.45) is 11.1 Å². The van der Waals surface area contributed by atoms with E-state index in [1.54, 1.807) is 50.3 Å². The van der Waals surface area contributed by atoms with Gasteiger partial charge in [0.15, 0.2) is 17.3 Å². The zero-order valence-electron chi connectivity index (χ0n) is 21.2. The zero-order valence-corrected chi connectivity index (χ0v) is 21.9. The van der Waals surface area contributed by atoms with E-state index < -0.39 is 11.9 Å². The number of Topliss-reactive ketones (excluding diaryl/α,β-unsaturated/α-hetero) is 1. The highest BCUT2D eigenvalue weighted by atomic mass is 35.5. The largest absolute Gasteiger partial charge is 0.493 e. The summed E-state index contributed by atoms with van der Waals surface area (Å²) in [6.07, 6.45) is 0.942. The van der Waals surface area contributed by atoms with Crippen LogP contribution in [-0.4, -0.2) is 32.6 Å². The minimum absolute atomic E-state index is 0.0331. The maximum Gasteiger partial charge on any atom is 0.338 e. The molecule has 0 unspecified atom stereocenters. The number of allylic oxidation sites excluding steroid dienone is 2. The normalized spacial score (nSPS) is 19.2. The van der Waals surface area contributed by atoms with E-state index in [2.05, 4.69) is 13.8 Å². The van der Waals surface area contributed by atoms with Gasteiger partial charge in [-0.05, 0) is 60.7 Å². The third kappa shape index (κ3) is 4.55. The number of nitrogens with zero attached hydrogens (tertiary/aromatic N) is 1. The Bertz CT molecular complexity index is 1260. The van der Waals surface area contributed by atoms with Crippen molar-refractivity contribution >= 4 is 29.0 Å². The van der Waals surface area contributed by atoms with Gasteiger partial charge in [-0.25, -0.2) is 4.79 Å². The van der Waals surface area contributed by atoms with E-state index in [0.717, 1.165) is 5.70 Å².